The van der Waals surface area contributed by atoms with Crippen LogP contribution in [0.4, 0.5) is 23.2 Å². The molecule has 0 saturated carbocycles. The SMILES string of the molecule is Cc1cc(C(=O)COC(=O)c2cccc(NS(=O)(=O)c3ccc(F)c(F)c3)c2)c(C)n1-c1ccc(OC(F)F)cc1. The van der Waals surface area contributed by atoms with Gasteiger partial charge < -0.3 is 14.0 Å². The second-order valence-corrected chi connectivity index (χ2v) is 10.4. The number of ether oxygens (including phenoxy) is 2. The van der Waals surface area contributed by atoms with Crippen LogP contribution in [0.5, 0.6) is 5.75 Å². The molecule has 0 bridgehead atoms. The van der Waals surface area contributed by atoms with Crippen molar-refractivity contribution in [1.29, 1.82) is 0 Å². The molecular formula is C28H22F4N2O6S. The Balaban J connectivity index is 1.44. The summed E-state index contributed by atoms with van der Waals surface area (Å²) in [6, 6.07) is 14.7. The number of alkyl halides is 2. The van der Waals surface area contributed by atoms with Gasteiger partial charge in [-0.05, 0) is 80.6 Å². The van der Waals surface area contributed by atoms with Crippen LogP contribution in [0.25, 0.3) is 5.69 Å². The lowest BCUT2D eigenvalue weighted by molar-refractivity contribution is -0.0498. The number of carbonyl (C=O) groups excluding carboxylic acids is 2. The summed E-state index contributed by atoms with van der Waals surface area (Å²) < 4.78 is 90.0. The highest BCUT2D eigenvalue weighted by Gasteiger charge is 2.20. The summed E-state index contributed by atoms with van der Waals surface area (Å²) in [5.41, 5.74) is 1.95. The Morgan fingerprint density at radius 1 is 0.927 bits per heavy atom. The molecule has 1 N–H and O–H groups in total. The molecule has 0 spiro atoms. The van der Waals surface area contributed by atoms with Crippen molar-refractivity contribution in [2.75, 3.05) is 11.3 Å². The number of hydrogen-bond acceptors (Lipinski definition) is 6. The smallest absolute Gasteiger partial charge is 0.387 e. The van der Waals surface area contributed by atoms with Crippen LogP contribution >= 0.6 is 0 Å². The molecule has 4 rings (SSSR count). The standard InChI is InChI=1S/C28H22F4N2O6S/c1-16-12-23(17(2)34(16)20-6-8-21(9-7-20)40-28(31)32)26(35)15-39-27(36)18-4-3-5-19(13-18)33-41(37,38)22-10-11-24(29)25(30)14-22/h3-14,28,33H,15H2,1-2H3. The summed E-state index contributed by atoms with van der Waals surface area (Å²) >= 11 is 0. The molecule has 1 aromatic heterocycles. The Morgan fingerprint density at radius 2 is 1.63 bits per heavy atom. The number of benzene rings is 3. The Morgan fingerprint density at radius 3 is 2.29 bits per heavy atom. The third kappa shape index (κ3) is 6.74. The van der Waals surface area contributed by atoms with Crippen LogP contribution in [-0.4, -0.2) is 38.0 Å². The largest absolute Gasteiger partial charge is 0.454 e. The lowest BCUT2D eigenvalue weighted by atomic mass is 10.1. The van der Waals surface area contributed by atoms with Gasteiger partial charge in [-0.15, -0.1) is 0 Å². The van der Waals surface area contributed by atoms with Crippen molar-refractivity contribution in [3.05, 3.63) is 107 Å². The molecule has 0 aliphatic rings. The summed E-state index contributed by atoms with van der Waals surface area (Å²) in [6.07, 6.45) is 0. The number of anilines is 1. The predicted molar refractivity (Wildman–Crippen MR) is 140 cm³/mol. The first-order valence-corrected chi connectivity index (χ1v) is 13.4. The summed E-state index contributed by atoms with van der Waals surface area (Å²) in [5, 5.41) is 0. The number of halogens is 4. The molecule has 41 heavy (non-hydrogen) atoms. The van der Waals surface area contributed by atoms with Gasteiger partial charge >= 0.3 is 12.6 Å². The monoisotopic (exact) mass is 590 g/mol. The molecule has 0 unspecified atom stereocenters. The highest BCUT2D eigenvalue weighted by atomic mass is 32.2. The topological polar surface area (TPSA) is 104 Å². The minimum Gasteiger partial charge on any atom is -0.454 e. The van der Waals surface area contributed by atoms with Gasteiger partial charge in [0.25, 0.3) is 10.0 Å². The van der Waals surface area contributed by atoms with Gasteiger partial charge in [-0.1, -0.05) is 6.07 Å². The molecule has 3 aromatic carbocycles. The minimum absolute atomic E-state index is 0.0179. The first-order valence-electron chi connectivity index (χ1n) is 11.9. The number of sulfonamides is 1. The Labute approximate surface area is 232 Å². The maximum Gasteiger partial charge on any atom is 0.387 e. The van der Waals surface area contributed by atoms with Crippen molar-refractivity contribution < 1.29 is 45.0 Å². The van der Waals surface area contributed by atoms with E-state index in [1.165, 1.54) is 30.3 Å². The summed E-state index contributed by atoms with van der Waals surface area (Å²) in [4.78, 5) is 25.0. The van der Waals surface area contributed by atoms with Crippen LogP contribution in [0.15, 0.2) is 77.7 Å². The van der Waals surface area contributed by atoms with E-state index in [-0.39, 0.29) is 22.6 Å². The highest BCUT2D eigenvalue weighted by Crippen LogP contribution is 2.24. The molecule has 0 aliphatic carbocycles. The average Bonchev–Trinajstić information content (AvgIpc) is 3.22. The number of aryl methyl sites for hydroxylation is 1. The van der Waals surface area contributed by atoms with Crippen LogP contribution in [0.2, 0.25) is 0 Å². The van der Waals surface area contributed by atoms with Crippen LogP contribution in [0.3, 0.4) is 0 Å². The van der Waals surface area contributed by atoms with Crippen molar-refractivity contribution in [2.45, 2.75) is 25.4 Å². The van der Waals surface area contributed by atoms with Crippen LogP contribution in [-0.2, 0) is 14.8 Å². The number of rotatable bonds is 10. The average molecular weight is 591 g/mol. The molecule has 214 valence electrons. The molecule has 0 radical (unpaired) electrons. The summed E-state index contributed by atoms with van der Waals surface area (Å²) in [6.45, 7) is -0.155. The number of nitrogens with one attached hydrogen (secondary N) is 1. The fourth-order valence-electron chi connectivity index (χ4n) is 4.08. The van der Waals surface area contributed by atoms with Gasteiger partial charge in [-0.3, -0.25) is 9.52 Å². The maximum absolute atomic E-state index is 13.5. The zero-order chi connectivity index (χ0) is 29.9. The van der Waals surface area contributed by atoms with Gasteiger partial charge in [0.1, 0.15) is 5.75 Å². The number of esters is 1. The predicted octanol–water partition coefficient (Wildman–Crippen LogP) is 5.81. The van der Waals surface area contributed by atoms with Gasteiger partial charge in [-0.25, -0.2) is 22.0 Å². The molecule has 4 aromatic rings. The molecule has 13 heteroatoms. The van der Waals surface area contributed by atoms with Crippen LogP contribution in [0, 0.1) is 25.5 Å². The van der Waals surface area contributed by atoms with E-state index in [4.69, 9.17) is 4.74 Å². The van der Waals surface area contributed by atoms with E-state index in [2.05, 4.69) is 9.46 Å². The van der Waals surface area contributed by atoms with Crippen LogP contribution < -0.4 is 9.46 Å². The Bertz CT molecular complexity index is 1720. The Hall–Kier alpha value is -4.65. The molecule has 8 nitrogen and oxygen atoms in total. The van der Waals surface area contributed by atoms with E-state index < -0.39 is 51.5 Å². The van der Waals surface area contributed by atoms with Crippen molar-refractivity contribution in [2.24, 2.45) is 0 Å². The maximum atomic E-state index is 13.5. The molecular weight excluding hydrogens is 568 g/mol. The second-order valence-electron chi connectivity index (χ2n) is 8.75. The first kappa shape index (κ1) is 29.3. The normalized spacial score (nSPS) is 11.4. The number of nitrogens with zero attached hydrogens (tertiary/aromatic N) is 1. The zero-order valence-corrected chi connectivity index (χ0v) is 22.3. The van der Waals surface area contributed by atoms with E-state index in [0.717, 1.165) is 12.1 Å². The van der Waals surface area contributed by atoms with Gasteiger partial charge in [0.2, 0.25) is 5.78 Å². The molecule has 1 heterocycles. The summed E-state index contributed by atoms with van der Waals surface area (Å²) in [7, 11) is -4.30. The number of ketones is 1. The third-order valence-corrected chi connectivity index (χ3v) is 7.32. The molecule has 0 aliphatic heterocycles. The Kier molecular flexibility index (Phi) is 8.47. The third-order valence-electron chi connectivity index (χ3n) is 5.94. The van der Waals surface area contributed by atoms with Crippen molar-refractivity contribution in [3.8, 4) is 11.4 Å². The molecule has 0 amide bonds. The number of aromatic nitrogens is 1. The van der Waals surface area contributed by atoms with E-state index >= 15 is 0 Å². The van der Waals surface area contributed by atoms with E-state index in [1.807, 2.05) is 0 Å². The fraction of sp³-hybridized carbons (Fsp3) is 0.143. The van der Waals surface area contributed by atoms with Gasteiger partial charge in [0.05, 0.1) is 10.5 Å². The van der Waals surface area contributed by atoms with Crippen LogP contribution in [0.1, 0.15) is 32.1 Å². The molecule has 0 saturated heterocycles. The zero-order valence-electron chi connectivity index (χ0n) is 21.5. The molecule has 0 atom stereocenters. The fourth-order valence-corrected chi connectivity index (χ4v) is 5.14. The van der Waals surface area contributed by atoms with Crippen molar-refractivity contribution in [3.63, 3.8) is 0 Å². The summed E-state index contributed by atoms with van der Waals surface area (Å²) in [5.74, 6) is -3.98. The first-order chi connectivity index (χ1) is 19.4. The van der Waals surface area contributed by atoms with E-state index in [1.54, 1.807) is 36.6 Å². The molecule has 0 fully saturated rings. The van der Waals surface area contributed by atoms with Gasteiger partial charge in [0, 0.05) is 28.3 Å². The number of hydrogen-bond donors (Lipinski definition) is 1. The van der Waals surface area contributed by atoms with E-state index in [0.29, 0.717) is 29.2 Å². The van der Waals surface area contributed by atoms with E-state index in [9.17, 15) is 35.6 Å². The van der Waals surface area contributed by atoms with Gasteiger partial charge in [-0.2, -0.15) is 8.78 Å². The van der Waals surface area contributed by atoms with Crippen molar-refractivity contribution >= 4 is 27.5 Å². The van der Waals surface area contributed by atoms with Gasteiger partial charge in [0.15, 0.2) is 18.2 Å². The number of Topliss-reactive ketones (excluding diaryl/α,β-unsaturated/α-hetero) is 1. The highest BCUT2D eigenvalue weighted by molar-refractivity contribution is 7.92. The van der Waals surface area contributed by atoms with Crippen molar-refractivity contribution in [1.82, 2.24) is 4.57 Å². The second kappa shape index (κ2) is 11.8. The quantitative estimate of drug-likeness (QED) is 0.142. The lowest BCUT2D eigenvalue weighted by Gasteiger charge is -2.11. The number of carbonyl (C=O) groups is 2. The lowest BCUT2D eigenvalue weighted by Crippen LogP contribution is -2.16. The minimum atomic E-state index is -4.30.